The van der Waals surface area contributed by atoms with Gasteiger partial charge in [0, 0.05) is 5.56 Å². The summed E-state index contributed by atoms with van der Waals surface area (Å²) in [5.74, 6) is 1.17. The van der Waals surface area contributed by atoms with Gasteiger partial charge in [0.25, 0.3) is 0 Å². The van der Waals surface area contributed by atoms with Crippen LogP contribution in [-0.2, 0) is 0 Å². The number of ether oxygens (including phenoxy) is 1. The van der Waals surface area contributed by atoms with Crippen molar-refractivity contribution in [1.29, 1.82) is 0 Å². The molecule has 2 rings (SSSR count). The fraction of sp³-hybridized carbons (Fsp3) is 0.176. The van der Waals surface area contributed by atoms with Crippen LogP contribution >= 0.6 is 0 Å². The van der Waals surface area contributed by atoms with Gasteiger partial charge in [-0.05, 0) is 48.7 Å². The van der Waals surface area contributed by atoms with Gasteiger partial charge in [-0.2, -0.15) is 0 Å². The number of rotatable bonds is 3. The summed E-state index contributed by atoms with van der Waals surface area (Å²) in [5, 5.41) is 19.2. The van der Waals surface area contributed by atoms with E-state index in [4.69, 9.17) is 4.74 Å². The Balaban J connectivity index is 2.38. The highest BCUT2D eigenvalue weighted by Gasteiger charge is 2.10. The van der Waals surface area contributed by atoms with Crippen LogP contribution in [0, 0.1) is 13.8 Å². The van der Waals surface area contributed by atoms with E-state index in [1.165, 1.54) is 0 Å². The molecule has 0 radical (unpaired) electrons. The molecule has 2 aromatic carbocycles. The quantitative estimate of drug-likeness (QED) is 0.832. The molecule has 0 spiro atoms. The van der Waals surface area contributed by atoms with Gasteiger partial charge in [0.2, 0.25) is 0 Å². The molecule has 0 saturated carbocycles. The third-order valence-corrected chi connectivity index (χ3v) is 3.34. The van der Waals surface area contributed by atoms with E-state index in [0.717, 1.165) is 22.3 Å². The minimum atomic E-state index is 0.220. The molecule has 0 fully saturated rings. The number of phenolic OH excluding ortho intramolecular Hbond substituents is 2. The minimum Gasteiger partial charge on any atom is -0.508 e. The Kier molecular flexibility index (Phi) is 3.99. The van der Waals surface area contributed by atoms with Gasteiger partial charge in [0.05, 0.1) is 7.11 Å². The molecule has 0 heterocycles. The molecule has 3 heteroatoms. The fourth-order valence-corrected chi connectivity index (χ4v) is 2.14. The lowest BCUT2D eigenvalue weighted by atomic mass is 10.0. The fourth-order valence-electron chi connectivity index (χ4n) is 2.14. The summed E-state index contributed by atoms with van der Waals surface area (Å²) in [6.45, 7) is 3.79. The van der Waals surface area contributed by atoms with Crippen LogP contribution in [0.25, 0.3) is 12.2 Å². The third-order valence-electron chi connectivity index (χ3n) is 3.34. The SMILES string of the molecule is COc1c(C)c(O)cc(C=Cc2ccc(O)cc2)c1C. The van der Waals surface area contributed by atoms with Crippen LogP contribution in [0.1, 0.15) is 22.3 Å². The van der Waals surface area contributed by atoms with Crippen LogP contribution in [0.3, 0.4) is 0 Å². The summed E-state index contributed by atoms with van der Waals surface area (Å²) in [6.07, 6.45) is 3.85. The molecule has 0 aliphatic carbocycles. The van der Waals surface area contributed by atoms with Crippen LogP contribution in [0.4, 0.5) is 0 Å². The van der Waals surface area contributed by atoms with E-state index in [1.807, 2.05) is 38.1 Å². The van der Waals surface area contributed by atoms with E-state index >= 15 is 0 Å². The van der Waals surface area contributed by atoms with Crippen molar-refractivity contribution in [1.82, 2.24) is 0 Å². The average Bonchev–Trinajstić information content (AvgIpc) is 2.44. The molecule has 0 unspecified atom stereocenters. The maximum Gasteiger partial charge on any atom is 0.128 e. The Bertz CT molecular complexity index is 640. The molecular formula is C17H18O3. The van der Waals surface area contributed by atoms with Crippen molar-refractivity contribution in [2.45, 2.75) is 13.8 Å². The average molecular weight is 270 g/mol. The molecular weight excluding hydrogens is 252 g/mol. The third kappa shape index (κ3) is 2.77. The van der Waals surface area contributed by atoms with Crippen LogP contribution in [-0.4, -0.2) is 17.3 Å². The molecule has 0 aliphatic rings. The second-order valence-electron chi connectivity index (χ2n) is 4.69. The highest BCUT2D eigenvalue weighted by molar-refractivity contribution is 5.74. The van der Waals surface area contributed by atoms with Crippen molar-refractivity contribution in [2.24, 2.45) is 0 Å². The second-order valence-corrected chi connectivity index (χ2v) is 4.69. The van der Waals surface area contributed by atoms with Crippen molar-refractivity contribution >= 4 is 12.2 Å². The molecule has 0 amide bonds. The Morgan fingerprint density at radius 1 is 0.950 bits per heavy atom. The zero-order valence-electron chi connectivity index (χ0n) is 11.8. The first-order valence-electron chi connectivity index (χ1n) is 6.37. The molecule has 3 nitrogen and oxygen atoms in total. The van der Waals surface area contributed by atoms with Crippen molar-refractivity contribution in [2.75, 3.05) is 7.11 Å². The molecule has 2 N–H and O–H groups in total. The van der Waals surface area contributed by atoms with Crippen molar-refractivity contribution in [3.63, 3.8) is 0 Å². The number of hydrogen-bond donors (Lipinski definition) is 2. The van der Waals surface area contributed by atoms with Crippen LogP contribution in [0.15, 0.2) is 30.3 Å². The molecule has 104 valence electrons. The molecule has 2 aromatic rings. The van der Waals surface area contributed by atoms with E-state index in [-0.39, 0.29) is 11.5 Å². The van der Waals surface area contributed by atoms with Gasteiger partial charge in [0.15, 0.2) is 0 Å². The molecule has 0 bridgehead atoms. The van der Waals surface area contributed by atoms with Crippen molar-refractivity contribution in [3.05, 3.63) is 52.6 Å². The Labute approximate surface area is 118 Å². The largest absolute Gasteiger partial charge is 0.508 e. The van der Waals surface area contributed by atoms with Crippen LogP contribution in [0.2, 0.25) is 0 Å². The zero-order chi connectivity index (χ0) is 14.7. The predicted molar refractivity (Wildman–Crippen MR) is 81.2 cm³/mol. The Morgan fingerprint density at radius 3 is 2.20 bits per heavy atom. The molecule has 0 aliphatic heterocycles. The van der Waals surface area contributed by atoms with Crippen LogP contribution < -0.4 is 4.74 Å². The first-order chi connectivity index (χ1) is 9.52. The second kappa shape index (κ2) is 5.70. The lowest BCUT2D eigenvalue weighted by Crippen LogP contribution is -1.94. The summed E-state index contributed by atoms with van der Waals surface area (Å²) in [7, 11) is 1.60. The summed E-state index contributed by atoms with van der Waals surface area (Å²) in [4.78, 5) is 0. The maximum atomic E-state index is 9.92. The number of methoxy groups -OCH3 is 1. The Morgan fingerprint density at radius 2 is 1.60 bits per heavy atom. The summed E-state index contributed by atoms with van der Waals surface area (Å²) in [5.41, 5.74) is 3.60. The number of phenols is 2. The van der Waals surface area contributed by atoms with Gasteiger partial charge in [-0.15, -0.1) is 0 Å². The first-order valence-corrected chi connectivity index (χ1v) is 6.37. The highest BCUT2D eigenvalue weighted by Crippen LogP contribution is 2.34. The predicted octanol–water partition coefficient (Wildman–Crippen LogP) is 3.89. The monoisotopic (exact) mass is 270 g/mol. The normalized spacial score (nSPS) is 10.9. The number of benzene rings is 2. The molecule has 0 atom stereocenters. The van der Waals surface area contributed by atoms with Crippen LogP contribution in [0.5, 0.6) is 17.2 Å². The summed E-state index contributed by atoms with van der Waals surface area (Å²) < 4.78 is 5.34. The highest BCUT2D eigenvalue weighted by atomic mass is 16.5. The van der Waals surface area contributed by atoms with Gasteiger partial charge < -0.3 is 14.9 Å². The maximum absolute atomic E-state index is 9.92. The zero-order valence-corrected chi connectivity index (χ0v) is 11.8. The summed E-state index contributed by atoms with van der Waals surface area (Å²) >= 11 is 0. The number of hydrogen-bond acceptors (Lipinski definition) is 3. The minimum absolute atomic E-state index is 0.220. The van der Waals surface area contributed by atoms with Gasteiger partial charge in [-0.25, -0.2) is 0 Å². The molecule has 0 saturated heterocycles. The van der Waals surface area contributed by atoms with Gasteiger partial charge in [0.1, 0.15) is 17.2 Å². The molecule has 0 aromatic heterocycles. The van der Waals surface area contributed by atoms with Gasteiger partial charge >= 0.3 is 0 Å². The number of aromatic hydroxyl groups is 2. The van der Waals surface area contributed by atoms with E-state index in [1.54, 1.807) is 25.3 Å². The van der Waals surface area contributed by atoms with E-state index < -0.39 is 0 Å². The van der Waals surface area contributed by atoms with Crippen molar-refractivity contribution in [3.8, 4) is 17.2 Å². The topological polar surface area (TPSA) is 49.7 Å². The van der Waals surface area contributed by atoms with E-state index in [2.05, 4.69) is 0 Å². The lowest BCUT2D eigenvalue weighted by molar-refractivity contribution is 0.399. The van der Waals surface area contributed by atoms with Gasteiger partial charge in [-0.1, -0.05) is 24.3 Å². The first kappa shape index (κ1) is 14.0. The molecule has 20 heavy (non-hydrogen) atoms. The van der Waals surface area contributed by atoms with E-state index in [0.29, 0.717) is 5.75 Å². The standard InChI is InChI=1S/C17H18O3/c1-11-14(10-16(19)12(2)17(11)20-3)7-4-13-5-8-15(18)9-6-13/h4-10,18-19H,1-3H3. The van der Waals surface area contributed by atoms with Crippen molar-refractivity contribution < 1.29 is 14.9 Å². The van der Waals surface area contributed by atoms with Gasteiger partial charge in [-0.3, -0.25) is 0 Å². The lowest BCUT2D eigenvalue weighted by Gasteiger charge is -2.12. The Hall–Kier alpha value is -2.42. The smallest absolute Gasteiger partial charge is 0.128 e. The summed E-state index contributed by atoms with van der Waals surface area (Å²) in [6, 6.07) is 8.66. The van der Waals surface area contributed by atoms with E-state index in [9.17, 15) is 10.2 Å².